The van der Waals surface area contributed by atoms with Crippen LogP contribution in [0.25, 0.3) is 0 Å². The summed E-state index contributed by atoms with van der Waals surface area (Å²) in [5, 5.41) is 8.24. The fourth-order valence-corrected chi connectivity index (χ4v) is 1.49. The molecule has 0 aliphatic carbocycles. The zero-order valence-electron chi connectivity index (χ0n) is 8.75. The molecule has 2 rings (SSSR count). The summed E-state index contributed by atoms with van der Waals surface area (Å²) in [4.78, 5) is 18.6. The van der Waals surface area contributed by atoms with E-state index >= 15 is 0 Å². The largest absolute Gasteiger partial charge is 0.362 e. The molecule has 1 aromatic rings. The van der Waals surface area contributed by atoms with Crippen LogP contribution in [0.5, 0.6) is 0 Å². The molecule has 1 amide bonds. The van der Waals surface area contributed by atoms with Crippen molar-refractivity contribution in [1.82, 2.24) is 15.3 Å². The highest BCUT2D eigenvalue weighted by atomic mass is 19.1. The Morgan fingerprint density at radius 2 is 2.44 bits per heavy atom. The lowest BCUT2D eigenvalue weighted by Crippen LogP contribution is -2.23. The molecule has 1 unspecified atom stereocenters. The highest BCUT2D eigenvalue weighted by Crippen LogP contribution is 2.14. The third-order valence-corrected chi connectivity index (χ3v) is 2.29. The van der Waals surface area contributed by atoms with Gasteiger partial charge >= 0.3 is 0 Å². The van der Waals surface area contributed by atoms with Crippen LogP contribution in [0.2, 0.25) is 0 Å². The number of hydrogen-bond acceptors (Lipinski definition) is 5. The van der Waals surface area contributed by atoms with E-state index in [1.165, 1.54) is 0 Å². The number of nitrogens with zero attached hydrogens (tertiary/aromatic N) is 2. The van der Waals surface area contributed by atoms with E-state index in [1.807, 2.05) is 0 Å². The minimum absolute atomic E-state index is 0.0409. The standard InChI is InChI=1S/C9H12FN5O/c1-11-9-13-4-6(10)8(15-9)14-5-2-7(16)12-3-5/h4-5H,2-3H2,1H3,(H,12,16)(H2,11,13,14,15). The summed E-state index contributed by atoms with van der Waals surface area (Å²) < 4.78 is 13.3. The molecule has 0 aromatic carbocycles. The molecule has 7 heteroatoms. The van der Waals surface area contributed by atoms with Gasteiger partial charge in [-0.25, -0.2) is 9.37 Å². The average molecular weight is 225 g/mol. The minimum Gasteiger partial charge on any atom is -0.362 e. The van der Waals surface area contributed by atoms with E-state index in [0.29, 0.717) is 18.9 Å². The van der Waals surface area contributed by atoms with Crippen LogP contribution in [0.4, 0.5) is 16.2 Å². The molecule has 2 heterocycles. The van der Waals surface area contributed by atoms with Crippen LogP contribution in [-0.2, 0) is 4.79 Å². The Balaban J connectivity index is 2.11. The Bertz CT molecular complexity index is 411. The summed E-state index contributed by atoms with van der Waals surface area (Å²) in [6, 6.07) is -0.124. The van der Waals surface area contributed by atoms with Crippen molar-refractivity contribution in [3.05, 3.63) is 12.0 Å². The number of aromatic nitrogens is 2. The molecule has 16 heavy (non-hydrogen) atoms. The average Bonchev–Trinajstić information content (AvgIpc) is 2.67. The van der Waals surface area contributed by atoms with E-state index in [-0.39, 0.29) is 17.8 Å². The summed E-state index contributed by atoms with van der Waals surface area (Å²) >= 11 is 0. The second kappa shape index (κ2) is 4.30. The Morgan fingerprint density at radius 3 is 3.06 bits per heavy atom. The lowest BCUT2D eigenvalue weighted by atomic mass is 10.2. The summed E-state index contributed by atoms with van der Waals surface area (Å²) in [6.45, 7) is 0.483. The second-order valence-electron chi connectivity index (χ2n) is 3.49. The number of halogens is 1. The molecule has 1 saturated heterocycles. The van der Waals surface area contributed by atoms with Gasteiger partial charge in [-0.1, -0.05) is 0 Å². The van der Waals surface area contributed by atoms with Crippen LogP contribution in [0.3, 0.4) is 0 Å². The van der Waals surface area contributed by atoms with Crippen molar-refractivity contribution in [2.24, 2.45) is 0 Å². The predicted molar refractivity (Wildman–Crippen MR) is 56.6 cm³/mol. The maximum Gasteiger partial charge on any atom is 0.224 e. The quantitative estimate of drug-likeness (QED) is 0.672. The van der Waals surface area contributed by atoms with Crippen molar-refractivity contribution >= 4 is 17.7 Å². The van der Waals surface area contributed by atoms with E-state index in [2.05, 4.69) is 25.9 Å². The van der Waals surface area contributed by atoms with E-state index < -0.39 is 5.82 Å². The Labute approximate surface area is 91.7 Å². The van der Waals surface area contributed by atoms with Gasteiger partial charge in [0, 0.05) is 20.0 Å². The predicted octanol–water partition coefficient (Wildman–Crippen LogP) is -0.0422. The number of nitrogens with one attached hydrogen (secondary N) is 3. The molecule has 1 aromatic heterocycles. The molecular formula is C9H12FN5O. The maximum absolute atomic E-state index is 13.3. The van der Waals surface area contributed by atoms with E-state index in [4.69, 9.17) is 0 Å². The van der Waals surface area contributed by atoms with Gasteiger partial charge in [-0.15, -0.1) is 0 Å². The molecule has 1 aliphatic heterocycles. The van der Waals surface area contributed by atoms with E-state index in [0.717, 1.165) is 6.20 Å². The van der Waals surface area contributed by atoms with Crippen LogP contribution < -0.4 is 16.0 Å². The van der Waals surface area contributed by atoms with Crippen LogP contribution in [0.15, 0.2) is 6.20 Å². The Hall–Kier alpha value is -1.92. The number of carbonyl (C=O) groups is 1. The first-order chi connectivity index (χ1) is 7.69. The molecule has 1 atom stereocenters. The van der Waals surface area contributed by atoms with Crippen LogP contribution >= 0.6 is 0 Å². The Kier molecular flexibility index (Phi) is 2.84. The van der Waals surface area contributed by atoms with E-state index in [1.54, 1.807) is 7.05 Å². The molecular weight excluding hydrogens is 213 g/mol. The first kappa shape index (κ1) is 10.6. The molecule has 0 radical (unpaired) electrons. The van der Waals surface area contributed by atoms with E-state index in [9.17, 15) is 9.18 Å². The monoisotopic (exact) mass is 225 g/mol. The van der Waals surface area contributed by atoms with Gasteiger partial charge in [0.15, 0.2) is 11.6 Å². The smallest absolute Gasteiger partial charge is 0.224 e. The summed E-state index contributed by atoms with van der Waals surface area (Å²) in [7, 11) is 1.65. The molecule has 1 fully saturated rings. The van der Waals surface area contributed by atoms with Crippen molar-refractivity contribution in [1.29, 1.82) is 0 Å². The first-order valence-corrected chi connectivity index (χ1v) is 4.92. The van der Waals surface area contributed by atoms with Gasteiger partial charge in [0.2, 0.25) is 11.9 Å². The fourth-order valence-electron chi connectivity index (χ4n) is 1.49. The molecule has 0 spiro atoms. The van der Waals surface area contributed by atoms with Crippen LogP contribution in [-0.4, -0.2) is 35.5 Å². The van der Waals surface area contributed by atoms with Gasteiger partial charge in [0.05, 0.1) is 12.2 Å². The number of anilines is 2. The van der Waals surface area contributed by atoms with Gasteiger partial charge in [-0.05, 0) is 0 Å². The second-order valence-corrected chi connectivity index (χ2v) is 3.49. The molecule has 86 valence electrons. The molecule has 1 aliphatic rings. The van der Waals surface area contributed by atoms with Gasteiger partial charge in [-0.2, -0.15) is 4.98 Å². The van der Waals surface area contributed by atoms with Gasteiger partial charge in [0.1, 0.15) is 0 Å². The van der Waals surface area contributed by atoms with Crippen LogP contribution in [0, 0.1) is 5.82 Å². The summed E-state index contributed by atoms with van der Waals surface area (Å²) in [5.74, 6) is -0.124. The summed E-state index contributed by atoms with van der Waals surface area (Å²) in [6.07, 6.45) is 1.42. The topological polar surface area (TPSA) is 78.9 Å². The number of hydrogen-bond donors (Lipinski definition) is 3. The van der Waals surface area contributed by atoms with Crippen molar-refractivity contribution in [2.45, 2.75) is 12.5 Å². The normalized spacial score (nSPS) is 19.4. The first-order valence-electron chi connectivity index (χ1n) is 4.92. The number of carbonyl (C=O) groups excluding carboxylic acids is 1. The van der Waals surface area contributed by atoms with Crippen LogP contribution in [0.1, 0.15) is 6.42 Å². The highest BCUT2D eigenvalue weighted by molar-refractivity contribution is 5.79. The molecule has 0 saturated carbocycles. The maximum atomic E-state index is 13.3. The third kappa shape index (κ3) is 2.18. The lowest BCUT2D eigenvalue weighted by molar-refractivity contribution is -0.119. The number of rotatable bonds is 3. The third-order valence-electron chi connectivity index (χ3n) is 2.29. The Morgan fingerprint density at radius 1 is 1.62 bits per heavy atom. The minimum atomic E-state index is -0.529. The zero-order chi connectivity index (χ0) is 11.5. The van der Waals surface area contributed by atoms with Gasteiger partial charge in [0.25, 0.3) is 0 Å². The summed E-state index contributed by atoms with van der Waals surface area (Å²) in [5.41, 5.74) is 0. The highest BCUT2D eigenvalue weighted by Gasteiger charge is 2.22. The lowest BCUT2D eigenvalue weighted by Gasteiger charge is -2.12. The molecule has 0 bridgehead atoms. The SMILES string of the molecule is CNc1ncc(F)c(NC2CNC(=O)C2)n1. The van der Waals surface area contributed by atoms with Gasteiger partial charge < -0.3 is 16.0 Å². The van der Waals surface area contributed by atoms with Crippen molar-refractivity contribution in [3.8, 4) is 0 Å². The molecule has 6 nitrogen and oxygen atoms in total. The molecule has 3 N–H and O–H groups in total. The van der Waals surface area contributed by atoms with Gasteiger partial charge in [-0.3, -0.25) is 4.79 Å². The van der Waals surface area contributed by atoms with Crippen molar-refractivity contribution in [3.63, 3.8) is 0 Å². The number of amides is 1. The fraction of sp³-hybridized carbons (Fsp3) is 0.444. The zero-order valence-corrected chi connectivity index (χ0v) is 8.75. The van der Waals surface area contributed by atoms with Crippen molar-refractivity contribution < 1.29 is 9.18 Å². The van der Waals surface area contributed by atoms with Crippen molar-refractivity contribution in [2.75, 3.05) is 24.2 Å².